The van der Waals surface area contributed by atoms with Gasteiger partial charge < -0.3 is 14.2 Å². The van der Waals surface area contributed by atoms with Crippen LogP contribution in [0.25, 0.3) is 0 Å². The maximum Gasteiger partial charge on any atom is 0.416 e. The van der Waals surface area contributed by atoms with E-state index in [0.29, 0.717) is 17.1 Å². The molecule has 0 aliphatic rings. The van der Waals surface area contributed by atoms with Crippen molar-refractivity contribution in [2.45, 2.75) is 26.2 Å². The minimum absolute atomic E-state index is 0.00977. The van der Waals surface area contributed by atoms with Crippen LogP contribution in [0.15, 0.2) is 77.7 Å². The zero-order chi connectivity index (χ0) is 25.6. The van der Waals surface area contributed by atoms with Crippen molar-refractivity contribution in [3.05, 3.63) is 107 Å². The van der Waals surface area contributed by atoms with Gasteiger partial charge in [0.15, 0.2) is 0 Å². The van der Waals surface area contributed by atoms with Crippen LogP contribution in [0, 0.1) is 12.7 Å². The Morgan fingerprint density at radius 2 is 1.60 bits per heavy atom. The first-order valence-electron chi connectivity index (χ1n) is 10.7. The number of nitrogens with zero attached hydrogens (tertiary/aromatic N) is 2. The topological polar surface area (TPSA) is 53.8 Å². The lowest BCUT2D eigenvalue weighted by Crippen LogP contribution is -2.42. The summed E-state index contributed by atoms with van der Waals surface area (Å²) in [7, 11) is 0. The largest absolute Gasteiger partial charge is 0.464 e. The van der Waals surface area contributed by atoms with Gasteiger partial charge in [0.25, 0.3) is 5.91 Å². The molecule has 1 aromatic heterocycles. The number of hydrogen-bond donors (Lipinski definition) is 0. The second kappa shape index (κ2) is 11.0. The molecule has 5 nitrogen and oxygen atoms in total. The fourth-order valence-electron chi connectivity index (χ4n) is 3.42. The molecule has 0 spiro atoms. The molecule has 1 heterocycles. The smallest absolute Gasteiger partial charge is 0.416 e. The summed E-state index contributed by atoms with van der Waals surface area (Å²) in [6, 6.07) is 13.0. The van der Waals surface area contributed by atoms with Crippen LogP contribution in [-0.4, -0.2) is 34.7 Å². The molecule has 2 amide bonds. The number of furan rings is 1. The van der Waals surface area contributed by atoms with Gasteiger partial charge in [-0.15, -0.1) is 6.58 Å². The lowest BCUT2D eigenvalue weighted by Gasteiger charge is -2.27. The summed E-state index contributed by atoms with van der Waals surface area (Å²) < 4.78 is 57.5. The minimum Gasteiger partial charge on any atom is -0.464 e. The van der Waals surface area contributed by atoms with Gasteiger partial charge in [-0.2, -0.15) is 13.2 Å². The molecule has 35 heavy (non-hydrogen) atoms. The standard InChI is InChI=1S/C26H24F4N2O3/c1-3-14-31(25(34)20-7-9-21(10-8-20)26(28,29)30)17-24(33)32(16-23-13-4-18(2)35-23)15-19-5-11-22(27)12-6-19/h3-13H,1,14-17H2,2H3. The molecule has 0 bridgehead atoms. The molecule has 0 aliphatic heterocycles. The molecular weight excluding hydrogens is 464 g/mol. The predicted molar refractivity (Wildman–Crippen MR) is 122 cm³/mol. The number of rotatable bonds is 9. The third kappa shape index (κ3) is 7.05. The first-order valence-corrected chi connectivity index (χ1v) is 10.7. The Morgan fingerprint density at radius 3 is 2.14 bits per heavy atom. The molecule has 0 N–H and O–H groups in total. The second-order valence-electron chi connectivity index (χ2n) is 7.94. The maximum absolute atomic E-state index is 13.3. The SMILES string of the molecule is C=CCN(CC(=O)N(Cc1ccc(F)cc1)Cc1ccc(C)o1)C(=O)c1ccc(C(F)(F)F)cc1. The van der Waals surface area contributed by atoms with Crippen LogP contribution in [0.4, 0.5) is 17.6 Å². The summed E-state index contributed by atoms with van der Waals surface area (Å²) >= 11 is 0. The van der Waals surface area contributed by atoms with E-state index in [1.165, 1.54) is 28.0 Å². The van der Waals surface area contributed by atoms with Crippen LogP contribution in [0.3, 0.4) is 0 Å². The number of hydrogen-bond acceptors (Lipinski definition) is 3. The summed E-state index contributed by atoms with van der Waals surface area (Å²) in [5.74, 6) is -0.247. The van der Waals surface area contributed by atoms with Crippen molar-refractivity contribution in [3.8, 4) is 0 Å². The van der Waals surface area contributed by atoms with Gasteiger partial charge in [0.1, 0.15) is 23.9 Å². The van der Waals surface area contributed by atoms with Crippen molar-refractivity contribution < 1.29 is 31.6 Å². The van der Waals surface area contributed by atoms with Crippen LogP contribution >= 0.6 is 0 Å². The summed E-state index contributed by atoms with van der Waals surface area (Å²) in [6.07, 6.45) is -3.10. The van der Waals surface area contributed by atoms with Crippen LogP contribution in [0.1, 0.15) is 33.0 Å². The van der Waals surface area contributed by atoms with Crippen molar-refractivity contribution >= 4 is 11.8 Å². The van der Waals surface area contributed by atoms with E-state index in [-0.39, 0.29) is 31.7 Å². The van der Waals surface area contributed by atoms with E-state index >= 15 is 0 Å². The zero-order valence-electron chi connectivity index (χ0n) is 19.0. The normalized spacial score (nSPS) is 11.2. The van der Waals surface area contributed by atoms with Gasteiger partial charge in [0, 0.05) is 18.7 Å². The number of amides is 2. The molecule has 0 aliphatic carbocycles. The summed E-state index contributed by atoms with van der Waals surface area (Å²) in [5, 5.41) is 0. The van der Waals surface area contributed by atoms with Crippen molar-refractivity contribution in [2.75, 3.05) is 13.1 Å². The summed E-state index contributed by atoms with van der Waals surface area (Å²) in [6.45, 7) is 5.29. The van der Waals surface area contributed by atoms with E-state index in [0.717, 1.165) is 24.3 Å². The van der Waals surface area contributed by atoms with Crippen LogP contribution in [-0.2, 0) is 24.1 Å². The molecule has 0 atom stereocenters. The highest BCUT2D eigenvalue weighted by Gasteiger charge is 2.30. The highest BCUT2D eigenvalue weighted by Crippen LogP contribution is 2.29. The number of alkyl halides is 3. The quantitative estimate of drug-likeness (QED) is 0.291. The molecule has 3 aromatic rings. The molecular formula is C26H24F4N2O3. The molecule has 0 unspecified atom stereocenters. The lowest BCUT2D eigenvalue weighted by atomic mass is 10.1. The minimum atomic E-state index is -4.52. The number of carbonyl (C=O) groups is 2. The Hall–Kier alpha value is -3.88. The maximum atomic E-state index is 13.3. The van der Waals surface area contributed by atoms with Crippen LogP contribution in [0.2, 0.25) is 0 Å². The number of benzene rings is 2. The van der Waals surface area contributed by atoms with E-state index in [4.69, 9.17) is 4.42 Å². The van der Waals surface area contributed by atoms with Crippen LogP contribution in [0.5, 0.6) is 0 Å². The van der Waals surface area contributed by atoms with E-state index in [9.17, 15) is 27.2 Å². The van der Waals surface area contributed by atoms with E-state index in [1.807, 2.05) is 0 Å². The predicted octanol–water partition coefficient (Wildman–Crippen LogP) is 5.60. The van der Waals surface area contributed by atoms with E-state index in [1.54, 1.807) is 31.2 Å². The van der Waals surface area contributed by atoms with Gasteiger partial charge in [0.2, 0.25) is 5.91 Å². The second-order valence-corrected chi connectivity index (χ2v) is 7.94. The molecule has 3 rings (SSSR count). The molecule has 184 valence electrons. The highest BCUT2D eigenvalue weighted by atomic mass is 19.4. The van der Waals surface area contributed by atoms with Crippen molar-refractivity contribution in [1.82, 2.24) is 9.80 Å². The molecule has 0 radical (unpaired) electrons. The van der Waals surface area contributed by atoms with Gasteiger partial charge in [-0.3, -0.25) is 9.59 Å². The molecule has 0 saturated carbocycles. The number of aryl methyl sites for hydroxylation is 1. The Balaban J connectivity index is 1.80. The van der Waals surface area contributed by atoms with E-state index < -0.39 is 29.4 Å². The first kappa shape index (κ1) is 25.7. The Labute approximate surface area is 200 Å². The third-order valence-electron chi connectivity index (χ3n) is 5.20. The van der Waals surface area contributed by atoms with Gasteiger partial charge in [0.05, 0.1) is 12.1 Å². The van der Waals surface area contributed by atoms with Gasteiger partial charge in [-0.25, -0.2) is 4.39 Å². The Bertz CT molecular complexity index is 1170. The van der Waals surface area contributed by atoms with E-state index in [2.05, 4.69) is 6.58 Å². The lowest BCUT2D eigenvalue weighted by molar-refractivity contribution is -0.137. The van der Waals surface area contributed by atoms with Crippen molar-refractivity contribution in [1.29, 1.82) is 0 Å². The Kier molecular flexibility index (Phi) is 8.11. The fraction of sp³-hybridized carbons (Fsp3) is 0.231. The van der Waals surface area contributed by atoms with Gasteiger partial charge >= 0.3 is 6.18 Å². The summed E-state index contributed by atoms with van der Waals surface area (Å²) in [4.78, 5) is 28.9. The average molecular weight is 488 g/mol. The molecule has 2 aromatic carbocycles. The van der Waals surface area contributed by atoms with Gasteiger partial charge in [-0.1, -0.05) is 18.2 Å². The fourth-order valence-corrected chi connectivity index (χ4v) is 3.42. The Morgan fingerprint density at radius 1 is 0.943 bits per heavy atom. The van der Waals surface area contributed by atoms with Gasteiger partial charge in [-0.05, 0) is 61.0 Å². The van der Waals surface area contributed by atoms with Crippen molar-refractivity contribution in [2.24, 2.45) is 0 Å². The number of halogens is 4. The molecule has 9 heteroatoms. The summed E-state index contributed by atoms with van der Waals surface area (Å²) in [5.41, 5.74) is -0.189. The molecule has 0 fully saturated rings. The number of carbonyl (C=O) groups excluding carboxylic acids is 2. The molecule has 0 saturated heterocycles. The zero-order valence-corrected chi connectivity index (χ0v) is 19.0. The van der Waals surface area contributed by atoms with Crippen LogP contribution < -0.4 is 0 Å². The average Bonchev–Trinajstić information content (AvgIpc) is 3.23. The third-order valence-corrected chi connectivity index (χ3v) is 5.20. The van der Waals surface area contributed by atoms with Crippen molar-refractivity contribution in [3.63, 3.8) is 0 Å². The monoisotopic (exact) mass is 488 g/mol. The first-order chi connectivity index (χ1) is 16.6. The highest BCUT2D eigenvalue weighted by molar-refractivity contribution is 5.96.